The lowest BCUT2D eigenvalue weighted by molar-refractivity contribution is -0.0382. The van der Waals surface area contributed by atoms with Gasteiger partial charge in [0.1, 0.15) is 11.6 Å². The molecule has 0 saturated carbocycles. The third kappa shape index (κ3) is 6.55. The highest BCUT2D eigenvalue weighted by Gasteiger charge is 1.99. The Hall–Kier alpha value is -1.58. The van der Waals surface area contributed by atoms with Crippen molar-refractivity contribution in [3.8, 4) is 5.75 Å². The van der Waals surface area contributed by atoms with E-state index in [1.165, 1.54) is 12.1 Å². The molecule has 2 rings (SSSR count). The second-order valence-electron chi connectivity index (χ2n) is 4.17. The molecular formula is C16H18ClFO2. The smallest absolute Gasteiger partial charge is 0.196 e. The highest BCUT2D eigenvalue weighted by atomic mass is 35.5. The molecule has 1 atom stereocenters. The molecule has 2 aromatic rings. The van der Waals surface area contributed by atoms with Gasteiger partial charge in [0.05, 0.1) is 0 Å². The first-order valence-electron chi connectivity index (χ1n) is 6.18. The first-order valence-corrected chi connectivity index (χ1v) is 6.56. The van der Waals surface area contributed by atoms with Gasteiger partial charge in [-0.2, -0.15) is 0 Å². The quantitative estimate of drug-likeness (QED) is 0.754. The van der Waals surface area contributed by atoms with Crippen LogP contribution in [0.2, 0.25) is 5.02 Å². The van der Waals surface area contributed by atoms with Crippen LogP contribution in [0.3, 0.4) is 0 Å². The summed E-state index contributed by atoms with van der Waals surface area (Å²) in [6, 6.07) is 13.7. The summed E-state index contributed by atoms with van der Waals surface area (Å²) in [5, 5.41) is 0.701. The van der Waals surface area contributed by atoms with Crippen LogP contribution in [0.25, 0.3) is 0 Å². The molecule has 0 aliphatic heterocycles. The molecular weight excluding hydrogens is 279 g/mol. The fourth-order valence-electron chi connectivity index (χ4n) is 1.36. The minimum Gasteiger partial charge on any atom is -0.465 e. The summed E-state index contributed by atoms with van der Waals surface area (Å²) < 4.78 is 22.4. The van der Waals surface area contributed by atoms with Gasteiger partial charge in [0.25, 0.3) is 0 Å². The van der Waals surface area contributed by atoms with Crippen molar-refractivity contribution >= 4 is 11.6 Å². The topological polar surface area (TPSA) is 18.5 Å². The number of hydrogen-bond acceptors (Lipinski definition) is 2. The lowest BCUT2D eigenvalue weighted by Gasteiger charge is -2.11. The van der Waals surface area contributed by atoms with Gasteiger partial charge >= 0.3 is 0 Å². The zero-order valence-corrected chi connectivity index (χ0v) is 12.5. The Kier molecular flexibility index (Phi) is 7.05. The third-order valence-corrected chi connectivity index (χ3v) is 2.68. The molecule has 0 aliphatic rings. The van der Waals surface area contributed by atoms with E-state index in [1.54, 1.807) is 37.4 Å². The minimum absolute atomic E-state index is 0.162. The molecule has 2 nitrogen and oxygen atoms in total. The number of methoxy groups -OCH3 is 1. The molecule has 0 spiro atoms. The first kappa shape index (κ1) is 16.5. The predicted molar refractivity (Wildman–Crippen MR) is 79.7 cm³/mol. The number of rotatable bonds is 3. The molecule has 0 aliphatic carbocycles. The van der Waals surface area contributed by atoms with Crippen molar-refractivity contribution in [1.29, 1.82) is 0 Å². The Bertz CT molecular complexity index is 497. The zero-order valence-electron chi connectivity index (χ0n) is 11.8. The monoisotopic (exact) mass is 296 g/mol. The van der Waals surface area contributed by atoms with Crippen molar-refractivity contribution in [1.82, 2.24) is 0 Å². The van der Waals surface area contributed by atoms with Gasteiger partial charge in [-0.3, -0.25) is 0 Å². The molecule has 0 saturated heterocycles. The summed E-state index contributed by atoms with van der Waals surface area (Å²) in [7, 11) is 1.60. The van der Waals surface area contributed by atoms with Crippen LogP contribution in [-0.4, -0.2) is 13.4 Å². The van der Waals surface area contributed by atoms with Crippen molar-refractivity contribution in [2.24, 2.45) is 0 Å². The number of halogens is 2. The Morgan fingerprint density at radius 1 is 1.10 bits per heavy atom. The van der Waals surface area contributed by atoms with Gasteiger partial charge in [0.15, 0.2) is 6.29 Å². The number of ether oxygens (including phenoxy) is 2. The van der Waals surface area contributed by atoms with Crippen LogP contribution in [-0.2, 0) is 4.74 Å². The van der Waals surface area contributed by atoms with Crippen LogP contribution in [0, 0.1) is 12.7 Å². The van der Waals surface area contributed by atoms with Gasteiger partial charge in [0.2, 0.25) is 0 Å². The second-order valence-corrected chi connectivity index (χ2v) is 4.61. The maximum absolute atomic E-state index is 12.2. The molecule has 108 valence electrons. The Morgan fingerprint density at radius 2 is 1.75 bits per heavy atom. The van der Waals surface area contributed by atoms with Gasteiger partial charge in [-0.05, 0) is 55.8 Å². The van der Waals surface area contributed by atoms with Crippen molar-refractivity contribution in [3.63, 3.8) is 0 Å². The molecule has 20 heavy (non-hydrogen) atoms. The molecule has 4 heteroatoms. The van der Waals surface area contributed by atoms with E-state index in [2.05, 4.69) is 0 Å². The standard InChI is InChI=1S/C9H11ClO2.C7H7F/c1-7(11-2)12-9-5-3-8(10)4-6-9;1-6-3-2-4-7(8)5-6/h3-7H,1-2H3;2-5H,1H3. The molecule has 0 N–H and O–H groups in total. The largest absolute Gasteiger partial charge is 0.465 e. The van der Waals surface area contributed by atoms with E-state index >= 15 is 0 Å². The summed E-state index contributed by atoms with van der Waals surface area (Å²) in [5.74, 6) is 0.596. The van der Waals surface area contributed by atoms with E-state index < -0.39 is 0 Å². The molecule has 0 amide bonds. The minimum atomic E-state index is -0.230. The highest BCUT2D eigenvalue weighted by Crippen LogP contribution is 2.16. The predicted octanol–water partition coefficient (Wildman–Crippen LogP) is 4.85. The van der Waals surface area contributed by atoms with E-state index in [1.807, 2.05) is 19.9 Å². The van der Waals surface area contributed by atoms with Gasteiger partial charge in [0, 0.05) is 12.1 Å². The maximum atomic E-state index is 12.2. The maximum Gasteiger partial charge on any atom is 0.196 e. The molecule has 0 heterocycles. The number of benzene rings is 2. The highest BCUT2D eigenvalue weighted by molar-refractivity contribution is 6.30. The first-order chi connectivity index (χ1) is 9.51. The lowest BCUT2D eigenvalue weighted by atomic mass is 10.2. The lowest BCUT2D eigenvalue weighted by Crippen LogP contribution is -2.13. The van der Waals surface area contributed by atoms with Gasteiger partial charge in [-0.1, -0.05) is 23.7 Å². The van der Waals surface area contributed by atoms with Crippen molar-refractivity contribution in [3.05, 3.63) is 64.9 Å². The summed E-state index contributed by atoms with van der Waals surface area (Å²) in [4.78, 5) is 0. The van der Waals surface area contributed by atoms with Crippen LogP contribution in [0.1, 0.15) is 12.5 Å². The third-order valence-electron chi connectivity index (χ3n) is 2.43. The van der Waals surface area contributed by atoms with E-state index in [9.17, 15) is 4.39 Å². The van der Waals surface area contributed by atoms with E-state index in [0.717, 1.165) is 11.3 Å². The van der Waals surface area contributed by atoms with Crippen LogP contribution in [0.4, 0.5) is 4.39 Å². The van der Waals surface area contributed by atoms with Gasteiger partial charge < -0.3 is 9.47 Å². The molecule has 0 aromatic heterocycles. The summed E-state index contributed by atoms with van der Waals surface area (Å²) in [6.45, 7) is 3.69. The van der Waals surface area contributed by atoms with Crippen LogP contribution in [0.5, 0.6) is 5.75 Å². The van der Waals surface area contributed by atoms with Crippen molar-refractivity contribution in [2.45, 2.75) is 20.1 Å². The van der Waals surface area contributed by atoms with Crippen molar-refractivity contribution < 1.29 is 13.9 Å². The van der Waals surface area contributed by atoms with E-state index in [0.29, 0.717) is 5.02 Å². The Morgan fingerprint density at radius 3 is 2.20 bits per heavy atom. The molecule has 0 bridgehead atoms. The van der Waals surface area contributed by atoms with Crippen LogP contribution < -0.4 is 4.74 Å². The molecule has 1 unspecified atom stereocenters. The van der Waals surface area contributed by atoms with Gasteiger partial charge in [-0.25, -0.2) is 4.39 Å². The molecule has 0 radical (unpaired) electrons. The Labute approximate surface area is 124 Å². The van der Waals surface area contributed by atoms with Crippen LogP contribution >= 0.6 is 11.6 Å². The number of hydrogen-bond donors (Lipinski definition) is 0. The normalized spacial score (nSPS) is 11.2. The average molecular weight is 297 g/mol. The average Bonchev–Trinajstić information content (AvgIpc) is 2.42. The number of aryl methyl sites for hydroxylation is 1. The fraction of sp³-hybridized carbons (Fsp3) is 0.250. The molecule has 0 fully saturated rings. The summed E-state index contributed by atoms with van der Waals surface area (Å²) >= 11 is 5.70. The van der Waals surface area contributed by atoms with E-state index in [4.69, 9.17) is 21.1 Å². The SMILES string of the molecule is COC(C)Oc1ccc(Cl)cc1.Cc1cccc(F)c1. The van der Waals surface area contributed by atoms with Gasteiger partial charge in [-0.15, -0.1) is 0 Å². The van der Waals surface area contributed by atoms with Crippen molar-refractivity contribution in [2.75, 3.05) is 7.11 Å². The van der Waals surface area contributed by atoms with Crippen LogP contribution in [0.15, 0.2) is 48.5 Å². The summed E-state index contributed by atoms with van der Waals surface area (Å²) in [5.41, 5.74) is 0.963. The Balaban J connectivity index is 0.000000217. The fourth-order valence-corrected chi connectivity index (χ4v) is 1.48. The van der Waals surface area contributed by atoms with E-state index in [-0.39, 0.29) is 12.1 Å². The molecule has 2 aromatic carbocycles. The zero-order chi connectivity index (χ0) is 15.0. The summed E-state index contributed by atoms with van der Waals surface area (Å²) in [6.07, 6.45) is -0.230. The second kappa shape index (κ2) is 8.56.